The Morgan fingerprint density at radius 3 is 2.86 bits per heavy atom. The average molecular weight is 309 g/mol. The fourth-order valence-corrected chi connectivity index (χ4v) is 2.83. The Morgan fingerprint density at radius 1 is 1.14 bits per heavy atom. The number of imidazole rings is 1. The number of nitrogens with zero attached hydrogens (tertiary/aromatic N) is 3. The van der Waals surface area contributed by atoms with E-state index in [0.29, 0.717) is 5.02 Å². The summed E-state index contributed by atoms with van der Waals surface area (Å²) in [6, 6.07) is 13.9. The second kappa shape index (κ2) is 5.00. The lowest BCUT2D eigenvalue weighted by Gasteiger charge is -2.09. The molecule has 0 aliphatic heterocycles. The third kappa shape index (κ3) is 2.09. The van der Waals surface area contributed by atoms with Gasteiger partial charge >= 0.3 is 0 Å². The second-order valence-corrected chi connectivity index (χ2v) is 5.60. The van der Waals surface area contributed by atoms with Crippen LogP contribution in [0.2, 0.25) is 5.02 Å². The first kappa shape index (κ1) is 13.1. The number of H-pyrrole nitrogens is 1. The minimum atomic E-state index is 0.693. The van der Waals surface area contributed by atoms with Crippen molar-refractivity contribution in [2.24, 2.45) is 0 Å². The number of hydrogen-bond acceptors (Lipinski definition) is 2. The first-order chi connectivity index (χ1) is 10.7. The normalized spacial score (nSPS) is 11.2. The number of nitrogens with one attached hydrogen (secondary N) is 1. The smallest absolute Gasteiger partial charge is 0.146 e. The maximum Gasteiger partial charge on any atom is 0.146 e. The molecule has 0 atom stereocenters. The number of aryl methyl sites for hydroxylation is 1. The molecule has 0 aliphatic rings. The molecule has 4 rings (SSSR count). The molecular formula is C17H13ClN4. The Bertz CT molecular complexity index is 968. The van der Waals surface area contributed by atoms with Crippen LogP contribution in [0.15, 0.2) is 54.9 Å². The van der Waals surface area contributed by atoms with E-state index in [9.17, 15) is 0 Å². The van der Waals surface area contributed by atoms with Gasteiger partial charge in [0, 0.05) is 22.8 Å². The van der Waals surface area contributed by atoms with E-state index < -0.39 is 0 Å². The zero-order valence-electron chi connectivity index (χ0n) is 11.9. The number of aromatic amines is 1. The lowest BCUT2D eigenvalue weighted by molar-refractivity contribution is 1.07. The highest BCUT2D eigenvalue weighted by Gasteiger charge is 2.13. The predicted molar refractivity (Wildman–Crippen MR) is 88.4 cm³/mol. The molecule has 0 aliphatic carbocycles. The Balaban J connectivity index is 1.94. The van der Waals surface area contributed by atoms with E-state index in [2.05, 4.69) is 25.8 Å². The largest absolute Gasteiger partial charge is 0.299 e. The van der Waals surface area contributed by atoms with Crippen molar-refractivity contribution in [1.82, 2.24) is 19.7 Å². The first-order valence-electron chi connectivity index (χ1n) is 6.97. The number of hydrogen-bond donors (Lipinski definition) is 1. The Morgan fingerprint density at radius 2 is 2.00 bits per heavy atom. The van der Waals surface area contributed by atoms with E-state index in [1.807, 2.05) is 55.7 Å². The van der Waals surface area contributed by atoms with Gasteiger partial charge in [0.2, 0.25) is 0 Å². The van der Waals surface area contributed by atoms with E-state index in [-0.39, 0.29) is 0 Å². The SMILES string of the molecule is Cc1cn(-c2ccc3[nH]ncc3c2)c(-c2ccccc2Cl)n1. The summed E-state index contributed by atoms with van der Waals surface area (Å²) in [7, 11) is 0. The number of fused-ring (bicyclic) bond motifs is 1. The third-order valence-corrected chi connectivity index (χ3v) is 3.97. The van der Waals surface area contributed by atoms with Crippen molar-refractivity contribution >= 4 is 22.5 Å². The van der Waals surface area contributed by atoms with Gasteiger partial charge < -0.3 is 0 Å². The van der Waals surface area contributed by atoms with Gasteiger partial charge in [-0.15, -0.1) is 0 Å². The molecule has 108 valence electrons. The van der Waals surface area contributed by atoms with Gasteiger partial charge in [-0.05, 0) is 37.3 Å². The molecule has 0 unspecified atom stereocenters. The lowest BCUT2D eigenvalue weighted by Crippen LogP contribution is -1.96. The van der Waals surface area contributed by atoms with Crippen LogP contribution in [0.1, 0.15) is 5.69 Å². The highest BCUT2D eigenvalue weighted by Crippen LogP contribution is 2.29. The topological polar surface area (TPSA) is 46.5 Å². The summed E-state index contributed by atoms with van der Waals surface area (Å²) < 4.78 is 2.06. The fraction of sp³-hybridized carbons (Fsp3) is 0.0588. The zero-order chi connectivity index (χ0) is 15.1. The molecule has 0 spiro atoms. The van der Waals surface area contributed by atoms with Crippen molar-refractivity contribution in [3.8, 4) is 17.1 Å². The van der Waals surface area contributed by atoms with E-state index in [0.717, 1.165) is 33.7 Å². The van der Waals surface area contributed by atoms with Crippen LogP contribution in [0.3, 0.4) is 0 Å². The number of aromatic nitrogens is 4. The van der Waals surface area contributed by atoms with Crippen molar-refractivity contribution in [3.05, 3.63) is 65.6 Å². The van der Waals surface area contributed by atoms with E-state index in [1.54, 1.807) is 0 Å². The third-order valence-electron chi connectivity index (χ3n) is 3.64. The minimum Gasteiger partial charge on any atom is -0.299 e. The molecule has 4 nitrogen and oxygen atoms in total. The molecule has 1 N–H and O–H groups in total. The Kier molecular flexibility index (Phi) is 2.98. The van der Waals surface area contributed by atoms with Crippen molar-refractivity contribution in [3.63, 3.8) is 0 Å². The quantitative estimate of drug-likeness (QED) is 0.597. The summed E-state index contributed by atoms with van der Waals surface area (Å²) in [6.45, 7) is 1.98. The van der Waals surface area contributed by atoms with Gasteiger partial charge in [-0.1, -0.05) is 23.7 Å². The summed E-state index contributed by atoms with van der Waals surface area (Å²) in [6.07, 6.45) is 3.83. The van der Waals surface area contributed by atoms with Crippen molar-refractivity contribution in [2.75, 3.05) is 0 Å². The van der Waals surface area contributed by atoms with Crippen LogP contribution < -0.4 is 0 Å². The van der Waals surface area contributed by atoms with Gasteiger partial charge in [-0.2, -0.15) is 5.10 Å². The molecule has 4 aromatic rings. The average Bonchev–Trinajstić information content (AvgIpc) is 3.13. The van der Waals surface area contributed by atoms with Crippen LogP contribution in [0.25, 0.3) is 28.0 Å². The molecule has 0 amide bonds. The molecule has 2 heterocycles. The first-order valence-corrected chi connectivity index (χ1v) is 7.34. The van der Waals surface area contributed by atoms with E-state index >= 15 is 0 Å². The highest BCUT2D eigenvalue weighted by molar-refractivity contribution is 6.33. The molecule has 5 heteroatoms. The summed E-state index contributed by atoms with van der Waals surface area (Å²) in [5, 5.41) is 8.78. The summed E-state index contributed by atoms with van der Waals surface area (Å²) in [5.41, 5.74) is 3.91. The summed E-state index contributed by atoms with van der Waals surface area (Å²) in [5.74, 6) is 0.839. The maximum atomic E-state index is 6.34. The van der Waals surface area contributed by atoms with Crippen LogP contribution in [0.4, 0.5) is 0 Å². The maximum absolute atomic E-state index is 6.34. The Labute approximate surface area is 132 Å². The number of rotatable bonds is 2. The predicted octanol–water partition coefficient (Wildman–Crippen LogP) is 4.38. The number of benzene rings is 2. The molecule has 0 radical (unpaired) electrons. The van der Waals surface area contributed by atoms with Crippen molar-refractivity contribution in [2.45, 2.75) is 6.92 Å². The van der Waals surface area contributed by atoms with Crippen LogP contribution >= 0.6 is 11.6 Å². The fourth-order valence-electron chi connectivity index (χ4n) is 2.61. The summed E-state index contributed by atoms with van der Waals surface area (Å²) in [4.78, 5) is 4.64. The van der Waals surface area contributed by atoms with Gasteiger partial charge in [0.15, 0.2) is 0 Å². The highest BCUT2D eigenvalue weighted by atomic mass is 35.5. The molecule has 22 heavy (non-hydrogen) atoms. The monoisotopic (exact) mass is 308 g/mol. The molecule has 2 aromatic carbocycles. The Hall–Kier alpha value is -2.59. The van der Waals surface area contributed by atoms with Gasteiger partial charge in [0.25, 0.3) is 0 Å². The minimum absolute atomic E-state index is 0.693. The standard InChI is InChI=1S/C17H13ClN4/c1-11-10-22(13-6-7-16-12(8-13)9-19-21-16)17(20-11)14-4-2-3-5-15(14)18/h2-10H,1H3,(H,19,21). The molecule has 0 saturated heterocycles. The molecule has 0 bridgehead atoms. The molecular weight excluding hydrogens is 296 g/mol. The van der Waals surface area contributed by atoms with Crippen LogP contribution in [-0.4, -0.2) is 19.7 Å². The van der Waals surface area contributed by atoms with Crippen LogP contribution in [-0.2, 0) is 0 Å². The zero-order valence-corrected chi connectivity index (χ0v) is 12.7. The number of halogens is 1. The van der Waals surface area contributed by atoms with E-state index in [4.69, 9.17) is 11.6 Å². The molecule has 0 fully saturated rings. The van der Waals surface area contributed by atoms with Crippen LogP contribution in [0, 0.1) is 6.92 Å². The van der Waals surface area contributed by atoms with Gasteiger partial charge in [0.05, 0.1) is 22.4 Å². The molecule has 2 aromatic heterocycles. The molecule has 0 saturated carbocycles. The van der Waals surface area contributed by atoms with Crippen molar-refractivity contribution in [1.29, 1.82) is 0 Å². The van der Waals surface area contributed by atoms with Crippen LogP contribution in [0.5, 0.6) is 0 Å². The van der Waals surface area contributed by atoms with E-state index in [1.165, 1.54) is 0 Å². The van der Waals surface area contributed by atoms with Crippen molar-refractivity contribution < 1.29 is 0 Å². The van der Waals surface area contributed by atoms with Gasteiger partial charge in [-0.3, -0.25) is 9.67 Å². The lowest BCUT2D eigenvalue weighted by atomic mass is 10.2. The van der Waals surface area contributed by atoms with Gasteiger partial charge in [-0.25, -0.2) is 4.98 Å². The second-order valence-electron chi connectivity index (χ2n) is 5.20. The summed E-state index contributed by atoms with van der Waals surface area (Å²) >= 11 is 6.34. The van der Waals surface area contributed by atoms with Gasteiger partial charge in [0.1, 0.15) is 5.82 Å².